The first-order valence-electron chi connectivity index (χ1n) is 3.82. The largest absolute Gasteiger partial charge is 0.238 e. The van der Waals surface area contributed by atoms with E-state index < -0.39 is 10.0 Å². The molecule has 0 aliphatic carbocycles. The van der Waals surface area contributed by atoms with Crippen LogP contribution in [0.5, 0.6) is 0 Å². The van der Waals surface area contributed by atoms with Gasteiger partial charge in [0.25, 0.3) is 0 Å². The summed E-state index contributed by atoms with van der Waals surface area (Å²) in [5, 5.41) is 12.2. The molecule has 0 unspecified atom stereocenters. The molecule has 0 radical (unpaired) electrons. The fourth-order valence-electron chi connectivity index (χ4n) is 0.728. The summed E-state index contributed by atoms with van der Waals surface area (Å²) in [5.74, 6) is 0. The molecule has 76 valence electrons. The lowest BCUT2D eigenvalue weighted by atomic mass is 10.2. The summed E-state index contributed by atoms with van der Waals surface area (Å²) in [5.41, 5.74) is 1.01. The standard InChI is InChI=1S/C7H9NO2S.C2H3N/c1-6-2-4-7(5-3-6)11(8,9)10;1-2-3/h2-5H,1H3,(H2,8,9,10);1H3. The van der Waals surface area contributed by atoms with Crippen LogP contribution in [0.3, 0.4) is 0 Å². The van der Waals surface area contributed by atoms with E-state index in [-0.39, 0.29) is 4.90 Å². The van der Waals surface area contributed by atoms with Gasteiger partial charge in [-0.15, -0.1) is 0 Å². The molecule has 0 aliphatic rings. The number of rotatable bonds is 1. The number of sulfonamides is 1. The summed E-state index contributed by atoms with van der Waals surface area (Å²) in [6.45, 7) is 3.31. The zero-order valence-corrected chi connectivity index (χ0v) is 8.88. The van der Waals surface area contributed by atoms with Crippen molar-refractivity contribution in [1.82, 2.24) is 0 Å². The first-order chi connectivity index (χ1) is 6.41. The topological polar surface area (TPSA) is 83.9 Å². The highest BCUT2D eigenvalue weighted by molar-refractivity contribution is 7.89. The quantitative estimate of drug-likeness (QED) is 0.758. The Balaban J connectivity index is 0.000000500. The van der Waals surface area contributed by atoms with Gasteiger partial charge in [0.1, 0.15) is 0 Å². The average Bonchev–Trinajstić information content (AvgIpc) is 2.04. The number of nitrogens with two attached hydrogens (primary N) is 1. The molecule has 1 aromatic carbocycles. The molecule has 0 spiro atoms. The van der Waals surface area contributed by atoms with Crippen molar-refractivity contribution in [3.63, 3.8) is 0 Å². The fraction of sp³-hybridized carbons (Fsp3) is 0.222. The molecule has 0 saturated carbocycles. The van der Waals surface area contributed by atoms with E-state index in [1.165, 1.54) is 19.1 Å². The Morgan fingerprint density at radius 3 is 1.93 bits per heavy atom. The third-order valence-electron chi connectivity index (χ3n) is 1.35. The molecular formula is C9H12N2O2S. The zero-order valence-electron chi connectivity index (χ0n) is 8.06. The van der Waals surface area contributed by atoms with E-state index in [0.717, 1.165) is 5.56 Å². The zero-order chi connectivity index (χ0) is 11.2. The number of hydrogen-bond donors (Lipinski definition) is 1. The minimum atomic E-state index is -3.52. The van der Waals surface area contributed by atoms with Gasteiger partial charge in [-0.1, -0.05) is 17.7 Å². The van der Waals surface area contributed by atoms with Crippen molar-refractivity contribution in [3.05, 3.63) is 29.8 Å². The Labute approximate surface area is 84.0 Å². The minimum Gasteiger partial charge on any atom is -0.225 e. The Kier molecular flexibility index (Phi) is 4.84. The van der Waals surface area contributed by atoms with Crippen molar-refractivity contribution in [2.45, 2.75) is 18.7 Å². The van der Waals surface area contributed by atoms with Crippen LogP contribution < -0.4 is 5.14 Å². The van der Waals surface area contributed by atoms with Crippen molar-refractivity contribution in [3.8, 4) is 6.07 Å². The highest BCUT2D eigenvalue weighted by atomic mass is 32.2. The van der Waals surface area contributed by atoms with Crippen molar-refractivity contribution in [2.75, 3.05) is 0 Å². The van der Waals surface area contributed by atoms with E-state index in [0.29, 0.717) is 0 Å². The Morgan fingerprint density at radius 1 is 1.29 bits per heavy atom. The molecular weight excluding hydrogens is 200 g/mol. The number of nitriles is 1. The van der Waals surface area contributed by atoms with E-state index in [9.17, 15) is 8.42 Å². The molecule has 5 heteroatoms. The average molecular weight is 212 g/mol. The van der Waals surface area contributed by atoms with Gasteiger partial charge in [0.15, 0.2) is 0 Å². The Hall–Kier alpha value is -1.38. The van der Waals surface area contributed by atoms with Gasteiger partial charge in [-0.2, -0.15) is 5.26 Å². The maximum absolute atomic E-state index is 10.7. The lowest BCUT2D eigenvalue weighted by molar-refractivity contribution is 0.598. The predicted molar refractivity (Wildman–Crippen MR) is 53.8 cm³/mol. The second-order valence-corrected chi connectivity index (χ2v) is 4.14. The summed E-state index contributed by atoms with van der Waals surface area (Å²) >= 11 is 0. The summed E-state index contributed by atoms with van der Waals surface area (Å²) in [4.78, 5) is 0.156. The number of benzene rings is 1. The lowest BCUT2D eigenvalue weighted by Gasteiger charge is -1.96. The summed E-state index contributed by atoms with van der Waals surface area (Å²) in [6.07, 6.45) is 0. The number of primary sulfonamides is 1. The maximum atomic E-state index is 10.7. The van der Waals surface area contributed by atoms with Crippen LogP contribution >= 0.6 is 0 Å². The highest BCUT2D eigenvalue weighted by Gasteiger charge is 2.04. The van der Waals surface area contributed by atoms with Crippen molar-refractivity contribution >= 4 is 10.0 Å². The van der Waals surface area contributed by atoms with E-state index >= 15 is 0 Å². The van der Waals surface area contributed by atoms with Crippen molar-refractivity contribution < 1.29 is 8.42 Å². The molecule has 0 atom stereocenters. The van der Waals surface area contributed by atoms with Crippen LogP contribution in [0, 0.1) is 18.3 Å². The molecule has 2 N–H and O–H groups in total. The minimum absolute atomic E-state index is 0.156. The maximum Gasteiger partial charge on any atom is 0.238 e. The monoisotopic (exact) mass is 212 g/mol. The second-order valence-electron chi connectivity index (χ2n) is 2.58. The molecule has 1 aromatic rings. The lowest BCUT2D eigenvalue weighted by Crippen LogP contribution is -2.11. The van der Waals surface area contributed by atoms with E-state index in [1.54, 1.807) is 18.2 Å². The molecule has 0 amide bonds. The van der Waals surface area contributed by atoms with Crippen LogP contribution in [0.25, 0.3) is 0 Å². The van der Waals surface area contributed by atoms with E-state index in [2.05, 4.69) is 0 Å². The van der Waals surface area contributed by atoms with Crippen molar-refractivity contribution in [2.24, 2.45) is 5.14 Å². The number of nitrogens with zero attached hydrogens (tertiary/aromatic N) is 1. The van der Waals surface area contributed by atoms with Crippen LogP contribution in [-0.2, 0) is 10.0 Å². The third-order valence-corrected chi connectivity index (χ3v) is 2.28. The first-order valence-corrected chi connectivity index (χ1v) is 5.36. The molecule has 14 heavy (non-hydrogen) atoms. The van der Waals surface area contributed by atoms with Gasteiger partial charge in [0.05, 0.1) is 11.0 Å². The van der Waals surface area contributed by atoms with Gasteiger partial charge in [0.2, 0.25) is 10.0 Å². The molecule has 0 saturated heterocycles. The first kappa shape index (κ1) is 12.6. The summed E-state index contributed by atoms with van der Waals surface area (Å²) < 4.78 is 21.4. The Bertz CT molecular complexity index is 415. The molecule has 0 heterocycles. The van der Waals surface area contributed by atoms with Crippen LogP contribution in [0.1, 0.15) is 12.5 Å². The predicted octanol–water partition coefficient (Wildman–Crippen LogP) is 1.17. The fourth-order valence-corrected chi connectivity index (χ4v) is 1.24. The van der Waals surface area contributed by atoms with Crippen LogP contribution in [0.15, 0.2) is 29.2 Å². The molecule has 0 aromatic heterocycles. The molecule has 0 fully saturated rings. The highest BCUT2D eigenvalue weighted by Crippen LogP contribution is 2.06. The normalized spacial score (nSPS) is 9.57. The summed E-state index contributed by atoms with van der Waals surface area (Å²) in [6, 6.07) is 8.15. The van der Waals surface area contributed by atoms with Crippen LogP contribution in [0.2, 0.25) is 0 Å². The number of hydrogen-bond acceptors (Lipinski definition) is 3. The number of aryl methyl sites for hydroxylation is 1. The van der Waals surface area contributed by atoms with Crippen LogP contribution in [-0.4, -0.2) is 8.42 Å². The van der Waals surface area contributed by atoms with Gasteiger partial charge >= 0.3 is 0 Å². The van der Waals surface area contributed by atoms with Gasteiger partial charge in [-0.3, -0.25) is 0 Å². The van der Waals surface area contributed by atoms with Gasteiger partial charge in [-0.05, 0) is 19.1 Å². The molecule has 0 aliphatic heterocycles. The van der Waals surface area contributed by atoms with Gasteiger partial charge < -0.3 is 0 Å². The van der Waals surface area contributed by atoms with Gasteiger partial charge in [0, 0.05) is 6.92 Å². The Morgan fingerprint density at radius 2 is 1.64 bits per heavy atom. The third kappa shape index (κ3) is 4.60. The van der Waals surface area contributed by atoms with Gasteiger partial charge in [-0.25, -0.2) is 13.6 Å². The summed E-state index contributed by atoms with van der Waals surface area (Å²) in [7, 11) is -3.52. The van der Waals surface area contributed by atoms with Crippen LogP contribution in [0.4, 0.5) is 0 Å². The molecule has 4 nitrogen and oxygen atoms in total. The molecule has 1 rings (SSSR count). The second kappa shape index (κ2) is 5.37. The van der Waals surface area contributed by atoms with E-state index in [1.807, 2.05) is 6.92 Å². The van der Waals surface area contributed by atoms with Crippen molar-refractivity contribution in [1.29, 1.82) is 5.26 Å². The molecule has 0 bridgehead atoms. The van der Waals surface area contributed by atoms with E-state index in [4.69, 9.17) is 10.4 Å². The SMILES string of the molecule is CC#N.Cc1ccc(S(N)(=O)=O)cc1. The smallest absolute Gasteiger partial charge is 0.225 e.